The van der Waals surface area contributed by atoms with Crippen LogP contribution in [0.25, 0.3) is 11.1 Å². The van der Waals surface area contributed by atoms with Gasteiger partial charge in [-0.3, -0.25) is 0 Å². The maximum Gasteiger partial charge on any atom is 0.111 e. The molecule has 0 atom stereocenters. The summed E-state index contributed by atoms with van der Waals surface area (Å²) in [7, 11) is 0. The summed E-state index contributed by atoms with van der Waals surface area (Å²) in [6.07, 6.45) is 0. The largest absolute Gasteiger partial charge is 0.396 e. The summed E-state index contributed by atoms with van der Waals surface area (Å²) in [6, 6.07) is 21.7. The maximum atomic E-state index is 6.04. The zero-order valence-electron chi connectivity index (χ0n) is 12.1. The topological polar surface area (TPSA) is 50.7 Å². The van der Waals surface area contributed by atoms with Crippen LogP contribution in [0.1, 0.15) is 0 Å². The van der Waals surface area contributed by atoms with E-state index in [1.165, 1.54) is 0 Å². The predicted molar refractivity (Wildman–Crippen MR) is 102 cm³/mol. The molecule has 3 aromatic carbocycles. The van der Waals surface area contributed by atoms with E-state index >= 15 is 0 Å². The van der Waals surface area contributed by atoms with Crippen molar-refractivity contribution in [1.29, 1.82) is 0 Å². The first-order chi connectivity index (χ1) is 11.1. The fraction of sp³-hybridized carbons (Fsp3) is 0. The van der Waals surface area contributed by atoms with Crippen molar-refractivity contribution < 1.29 is 0 Å². The lowest BCUT2D eigenvalue weighted by Crippen LogP contribution is -1.87. The number of nitrogens with two attached hydrogens (primary N) is 1. The van der Waals surface area contributed by atoms with E-state index in [2.05, 4.69) is 54.2 Å². The summed E-state index contributed by atoms with van der Waals surface area (Å²) in [5.41, 5.74) is 10.2. The molecule has 0 spiro atoms. The standard InChI is InChI=1S/C18H13Br2N3/c19-13-10-15(20)18(21)17(11-13)23-22-16-9-5-4-8-14(16)12-6-2-1-3-7-12/h1-11H,21H2. The van der Waals surface area contributed by atoms with E-state index in [0.29, 0.717) is 11.4 Å². The monoisotopic (exact) mass is 429 g/mol. The van der Waals surface area contributed by atoms with E-state index in [9.17, 15) is 0 Å². The summed E-state index contributed by atoms with van der Waals surface area (Å²) >= 11 is 6.85. The van der Waals surface area contributed by atoms with Crippen molar-refractivity contribution in [1.82, 2.24) is 0 Å². The maximum absolute atomic E-state index is 6.04. The van der Waals surface area contributed by atoms with Crippen molar-refractivity contribution in [2.45, 2.75) is 0 Å². The van der Waals surface area contributed by atoms with Crippen molar-refractivity contribution in [3.05, 3.63) is 75.7 Å². The van der Waals surface area contributed by atoms with Gasteiger partial charge in [0, 0.05) is 14.5 Å². The SMILES string of the molecule is Nc1c(Br)cc(Br)cc1N=Nc1ccccc1-c1ccccc1. The van der Waals surface area contributed by atoms with Crippen LogP contribution in [0, 0.1) is 0 Å². The summed E-state index contributed by atoms with van der Waals surface area (Å²) in [4.78, 5) is 0. The van der Waals surface area contributed by atoms with Crippen molar-refractivity contribution in [3.8, 4) is 11.1 Å². The van der Waals surface area contributed by atoms with Crippen LogP contribution < -0.4 is 5.73 Å². The smallest absolute Gasteiger partial charge is 0.111 e. The second-order valence-electron chi connectivity index (χ2n) is 4.90. The van der Waals surface area contributed by atoms with Crippen molar-refractivity contribution in [2.75, 3.05) is 5.73 Å². The van der Waals surface area contributed by atoms with Gasteiger partial charge in [-0.1, -0.05) is 64.5 Å². The molecule has 0 fully saturated rings. The number of anilines is 1. The Hall–Kier alpha value is -1.98. The number of benzene rings is 3. The molecule has 0 heterocycles. The molecule has 5 heteroatoms. The van der Waals surface area contributed by atoms with Gasteiger partial charge in [-0.15, -0.1) is 10.2 Å². The fourth-order valence-electron chi connectivity index (χ4n) is 2.18. The van der Waals surface area contributed by atoms with Crippen LogP contribution in [0.3, 0.4) is 0 Å². The van der Waals surface area contributed by atoms with Gasteiger partial charge >= 0.3 is 0 Å². The van der Waals surface area contributed by atoms with Gasteiger partial charge in [-0.2, -0.15) is 0 Å². The van der Waals surface area contributed by atoms with E-state index in [1.807, 2.05) is 54.6 Å². The molecule has 114 valence electrons. The quantitative estimate of drug-likeness (QED) is 0.357. The van der Waals surface area contributed by atoms with Gasteiger partial charge in [0.2, 0.25) is 0 Å². The molecule has 23 heavy (non-hydrogen) atoms. The Morgan fingerprint density at radius 3 is 2.17 bits per heavy atom. The van der Waals surface area contributed by atoms with Crippen LogP contribution >= 0.6 is 31.9 Å². The third-order valence-electron chi connectivity index (χ3n) is 3.33. The summed E-state index contributed by atoms with van der Waals surface area (Å²) in [5, 5.41) is 8.72. The average molecular weight is 431 g/mol. The summed E-state index contributed by atoms with van der Waals surface area (Å²) in [5.74, 6) is 0. The average Bonchev–Trinajstić information content (AvgIpc) is 2.58. The van der Waals surface area contributed by atoms with Crippen LogP contribution in [-0.2, 0) is 0 Å². The first kappa shape index (κ1) is 15.9. The molecule has 3 nitrogen and oxygen atoms in total. The van der Waals surface area contributed by atoms with E-state index in [-0.39, 0.29) is 0 Å². The highest BCUT2D eigenvalue weighted by Crippen LogP contribution is 2.36. The van der Waals surface area contributed by atoms with Gasteiger partial charge in [0.1, 0.15) is 5.69 Å². The van der Waals surface area contributed by atoms with E-state index in [0.717, 1.165) is 25.8 Å². The van der Waals surface area contributed by atoms with Gasteiger partial charge < -0.3 is 5.73 Å². The number of azo groups is 1. The third-order valence-corrected chi connectivity index (χ3v) is 4.44. The van der Waals surface area contributed by atoms with E-state index < -0.39 is 0 Å². The van der Waals surface area contributed by atoms with Crippen LogP contribution in [0.15, 0.2) is 85.9 Å². The molecule has 0 aliphatic carbocycles. The van der Waals surface area contributed by atoms with E-state index in [1.54, 1.807) is 0 Å². The lowest BCUT2D eigenvalue weighted by Gasteiger charge is -2.06. The molecular formula is C18H13Br2N3. The molecule has 3 aromatic rings. The lowest BCUT2D eigenvalue weighted by molar-refractivity contribution is 1.23. The molecule has 0 amide bonds. The second kappa shape index (κ2) is 7.06. The highest BCUT2D eigenvalue weighted by Gasteiger charge is 2.06. The molecule has 0 saturated carbocycles. The Labute approximate surface area is 151 Å². The van der Waals surface area contributed by atoms with Gasteiger partial charge in [-0.25, -0.2) is 0 Å². The minimum Gasteiger partial charge on any atom is -0.396 e. The normalized spacial score (nSPS) is 11.0. The zero-order chi connectivity index (χ0) is 16.2. The highest BCUT2D eigenvalue weighted by molar-refractivity contribution is 9.11. The molecule has 0 saturated heterocycles. The van der Waals surface area contributed by atoms with Crippen LogP contribution in [0.2, 0.25) is 0 Å². The molecule has 3 rings (SSSR count). The number of rotatable bonds is 3. The summed E-state index contributed by atoms with van der Waals surface area (Å²) in [6.45, 7) is 0. The number of hydrogen-bond acceptors (Lipinski definition) is 3. The minimum absolute atomic E-state index is 0.564. The third kappa shape index (κ3) is 3.68. The van der Waals surface area contributed by atoms with Crippen molar-refractivity contribution in [3.63, 3.8) is 0 Å². The Bertz CT molecular complexity index is 861. The Balaban J connectivity index is 2.02. The zero-order valence-corrected chi connectivity index (χ0v) is 15.3. The van der Waals surface area contributed by atoms with Gasteiger partial charge in [-0.05, 0) is 39.7 Å². The van der Waals surface area contributed by atoms with Crippen LogP contribution in [-0.4, -0.2) is 0 Å². The van der Waals surface area contributed by atoms with Crippen molar-refractivity contribution in [2.24, 2.45) is 10.2 Å². The predicted octanol–water partition coefficient (Wildman–Crippen LogP) is 6.88. The first-order valence-electron chi connectivity index (χ1n) is 6.96. The van der Waals surface area contributed by atoms with Gasteiger partial charge in [0.05, 0.1) is 11.4 Å². The van der Waals surface area contributed by atoms with E-state index in [4.69, 9.17) is 5.73 Å². The van der Waals surface area contributed by atoms with Crippen LogP contribution in [0.5, 0.6) is 0 Å². The number of hydrogen-bond donors (Lipinski definition) is 1. The van der Waals surface area contributed by atoms with Crippen LogP contribution in [0.4, 0.5) is 17.1 Å². The van der Waals surface area contributed by atoms with Gasteiger partial charge in [0.25, 0.3) is 0 Å². The molecule has 0 bridgehead atoms. The Morgan fingerprint density at radius 1 is 0.739 bits per heavy atom. The molecule has 0 unspecified atom stereocenters. The lowest BCUT2D eigenvalue weighted by atomic mass is 10.0. The highest BCUT2D eigenvalue weighted by atomic mass is 79.9. The summed E-state index contributed by atoms with van der Waals surface area (Å²) < 4.78 is 1.68. The van der Waals surface area contributed by atoms with Gasteiger partial charge in [0.15, 0.2) is 0 Å². The molecule has 0 aliphatic rings. The Kier molecular flexibility index (Phi) is 4.88. The Morgan fingerprint density at radius 2 is 1.39 bits per heavy atom. The second-order valence-corrected chi connectivity index (χ2v) is 6.67. The molecule has 0 aliphatic heterocycles. The first-order valence-corrected chi connectivity index (χ1v) is 8.54. The van der Waals surface area contributed by atoms with Crippen molar-refractivity contribution >= 4 is 48.9 Å². The molecule has 0 radical (unpaired) electrons. The number of nitrogens with zero attached hydrogens (tertiary/aromatic N) is 2. The molecular weight excluding hydrogens is 418 g/mol. The minimum atomic E-state index is 0.564. The number of nitrogen functional groups attached to an aromatic ring is 1. The number of halogens is 2. The molecule has 2 N–H and O–H groups in total. The fourth-order valence-corrected chi connectivity index (χ4v) is 3.39. The molecule has 0 aromatic heterocycles.